The van der Waals surface area contributed by atoms with Gasteiger partial charge in [-0.2, -0.15) is 0 Å². The Hall–Kier alpha value is 1.28. The molecule has 2 heteroatoms. The van der Waals surface area contributed by atoms with Crippen LogP contribution in [0.25, 0.3) is 0 Å². The van der Waals surface area contributed by atoms with Crippen molar-refractivity contribution in [1.82, 2.24) is 0 Å². The Kier molecular flexibility index (Phi) is 14.2. The third-order valence-electron chi connectivity index (χ3n) is 1.83. The van der Waals surface area contributed by atoms with E-state index in [1.54, 1.807) is 22.5 Å². The summed E-state index contributed by atoms with van der Waals surface area (Å²) in [5, 5.41) is 0. The quantitative estimate of drug-likeness (QED) is 0.683. The molecule has 61 valence electrons. The van der Waals surface area contributed by atoms with Gasteiger partial charge in [0.2, 0.25) is 0 Å². The third-order valence-corrected chi connectivity index (χ3v) is 3.48. The van der Waals surface area contributed by atoms with Crippen LogP contribution in [0.4, 0.5) is 0 Å². The Morgan fingerprint density at radius 2 is 1.90 bits per heavy atom. The number of rotatable bonds is 5. The van der Waals surface area contributed by atoms with Gasteiger partial charge in [-0.1, -0.05) is 0 Å². The first-order chi connectivity index (χ1) is 4.35. The zero-order valence-corrected chi connectivity index (χ0v) is 11.6. The van der Waals surface area contributed by atoms with Crippen molar-refractivity contribution >= 4 is 39.5 Å². The zero-order chi connectivity index (χ0) is 7.11. The van der Waals surface area contributed by atoms with Crippen LogP contribution in [-0.4, -0.2) is 22.5 Å². The second-order valence-electron chi connectivity index (χ2n) is 2.62. The summed E-state index contributed by atoms with van der Waals surface area (Å²) in [5.74, 6) is 1.04. The molecule has 0 heterocycles. The molecule has 0 rings (SSSR count). The number of hydrogen-bond acceptors (Lipinski definition) is 0. The molecule has 1 atom stereocenters. The van der Waals surface area contributed by atoms with Crippen LogP contribution in [0.2, 0.25) is 4.44 Å². The van der Waals surface area contributed by atoms with Gasteiger partial charge in [0.05, 0.1) is 0 Å². The van der Waals surface area contributed by atoms with Crippen molar-refractivity contribution in [3.05, 3.63) is 0 Å². The molecule has 0 bridgehead atoms. The van der Waals surface area contributed by atoms with Crippen molar-refractivity contribution in [2.24, 2.45) is 5.92 Å². The summed E-state index contributed by atoms with van der Waals surface area (Å²) in [4.78, 5) is 0. The van der Waals surface area contributed by atoms with Gasteiger partial charge in [-0.25, -0.2) is 0 Å². The summed E-state index contributed by atoms with van der Waals surface area (Å²) >= 11 is 1.71. The Morgan fingerprint density at radius 3 is 2.20 bits per heavy atom. The molecular formula is C8H18BrSn. The molecule has 0 spiro atoms. The predicted molar refractivity (Wildman–Crippen MR) is 54.2 cm³/mol. The number of halogens is 1. The molecule has 0 saturated carbocycles. The van der Waals surface area contributed by atoms with Crippen LogP contribution in [0.1, 0.15) is 39.5 Å². The molecule has 0 saturated heterocycles. The van der Waals surface area contributed by atoms with E-state index >= 15 is 0 Å². The molecule has 3 radical (unpaired) electrons. The summed E-state index contributed by atoms with van der Waals surface area (Å²) in [6.45, 7) is 4.58. The molecule has 0 aliphatic carbocycles. The zero-order valence-electron chi connectivity index (χ0n) is 7.02. The van der Waals surface area contributed by atoms with Gasteiger partial charge >= 0.3 is 72.4 Å². The summed E-state index contributed by atoms with van der Waals surface area (Å²) in [5.41, 5.74) is 0. The maximum absolute atomic E-state index is 2.31. The molecule has 0 fully saturated rings. The fraction of sp³-hybridized carbons (Fsp3) is 1.00. The predicted octanol–water partition coefficient (Wildman–Crippen LogP) is 3.37. The van der Waals surface area contributed by atoms with Crippen molar-refractivity contribution < 1.29 is 0 Å². The van der Waals surface area contributed by atoms with Crippen molar-refractivity contribution in [1.29, 1.82) is 0 Å². The molecular weight excluding hydrogens is 295 g/mol. The molecule has 0 nitrogen and oxygen atoms in total. The molecule has 0 aromatic heterocycles. The first-order valence-electron chi connectivity index (χ1n) is 3.99. The van der Waals surface area contributed by atoms with Crippen LogP contribution in [-0.2, 0) is 0 Å². The van der Waals surface area contributed by atoms with E-state index in [2.05, 4.69) is 13.8 Å². The van der Waals surface area contributed by atoms with Crippen LogP contribution in [0.15, 0.2) is 0 Å². The van der Waals surface area contributed by atoms with Gasteiger partial charge in [-0.05, 0) is 0 Å². The molecule has 0 aromatic carbocycles. The Balaban J connectivity index is 0. The van der Waals surface area contributed by atoms with E-state index in [1.165, 1.54) is 30.1 Å². The average molecular weight is 313 g/mol. The van der Waals surface area contributed by atoms with Gasteiger partial charge in [-0.3, -0.25) is 0 Å². The van der Waals surface area contributed by atoms with Crippen LogP contribution in [0.5, 0.6) is 0 Å². The van der Waals surface area contributed by atoms with E-state index in [-0.39, 0.29) is 17.0 Å². The van der Waals surface area contributed by atoms with Gasteiger partial charge < -0.3 is 0 Å². The monoisotopic (exact) mass is 313 g/mol. The second kappa shape index (κ2) is 10.3. The minimum absolute atomic E-state index is 0. The Morgan fingerprint density at radius 1 is 1.30 bits per heavy atom. The van der Waals surface area contributed by atoms with E-state index < -0.39 is 0 Å². The van der Waals surface area contributed by atoms with Crippen LogP contribution < -0.4 is 0 Å². The van der Waals surface area contributed by atoms with Crippen molar-refractivity contribution in [2.45, 2.75) is 44.0 Å². The van der Waals surface area contributed by atoms with E-state index in [9.17, 15) is 0 Å². The average Bonchev–Trinajstić information content (AvgIpc) is 1.91. The summed E-state index contributed by atoms with van der Waals surface area (Å²) in [6, 6.07) is 0. The van der Waals surface area contributed by atoms with Crippen molar-refractivity contribution in [3.8, 4) is 0 Å². The van der Waals surface area contributed by atoms with Crippen LogP contribution in [0, 0.1) is 5.92 Å². The van der Waals surface area contributed by atoms with Crippen molar-refractivity contribution in [3.63, 3.8) is 0 Å². The molecule has 0 aliphatic rings. The first-order valence-corrected chi connectivity index (χ1v) is 6.01. The fourth-order valence-corrected chi connectivity index (χ4v) is 2.35. The van der Waals surface area contributed by atoms with Gasteiger partial charge in [0.1, 0.15) is 0 Å². The van der Waals surface area contributed by atoms with Gasteiger partial charge in [0.15, 0.2) is 0 Å². The Labute approximate surface area is 89.0 Å². The standard InChI is InChI=1S/C8H17.BrH.Sn/c1-4-6-7-8(3)5-2;;/h8H,3-7H2,1-2H3;1H;. The van der Waals surface area contributed by atoms with Gasteiger partial charge in [-0.15, -0.1) is 17.0 Å². The summed E-state index contributed by atoms with van der Waals surface area (Å²) < 4.78 is 1.46. The van der Waals surface area contributed by atoms with E-state index in [0.717, 1.165) is 5.92 Å². The van der Waals surface area contributed by atoms with E-state index in [0.29, 0.717) is 0 Å². The third kappa shape index (κ3) is 7.39. The van der Waals surface area contributed by atoms with E-state index in [1.807, 2.05) is 0 Å². The normalized spacial score (nSPS) is 12.3. The minimum atomic E-state index is 0. The van der Waals surface area contributed by atoms with E-state index in [4.69, 9.17) is 0 Å². The number of hydrogen-bond donors (Lipinski definition) is 0. The molecule has 0 amide bonds. The fourth-order valence-electron chi connectivity index (χ4n) is 0.943. The first kappa shape index (κ1) is 13.8. The topological polar surface area (TPSA) is 0 Å². The molecule has 10 heavy (non-hydrogen) atoms. The molecule has 0 aliphatic heterocycles. The van der Waals surface area contributed by atoms with Crippen LogP contribution >= 0.6 is 17.0 Å². The SMILES string of the molecule is Br.CCCCC(CC)[CH2][Sn]. The van der Waals surface area contributed by atoms with Crippen LogP contribution in [0.3, 0.4) is 0 Å². The Bertz CT molecular complexity index is 53.2. The molecule has 0 N–H and O–H groups in total. The maximum atomic E-state index is 2.31. The van der Waals surface area contributed by atoms with Crippen molar-refractivity contribution in [2.75, 3.05) is 0 Å². The molecule has 0 aromatic rings. The number of unbranched alkanes of at least 4 members (excludes halogenated alkanes) is 1. The second-order valence-corrected chi connectivity index (χ2v) is 3.79. The van der Waals surface area contributed by atoms with Gasteiger partial charge in [0.25, 0.3) is 0 Å². The molecule has 1 unspecified atom stereocenters. The summed E-state index contributed by atoms with van der Waals surface area (Å²) in [6.07, 6.45) is 5.67. The van der Waals surface area contributed by atoms with Gasteiger partial charge in [0, 0.05) is 0 Å². The summed E-state index contributed by atoms with van der Waals surface area (Å²) in [7, 11) is 0.